The second-order valence-electron chi connectivity index (χ2n) is 12.5. The summed E-state index contributed by atoms with van der Waals surface area (Å²) < 4.78 is 20.8. The highest BCUT2D eigenvalue weighted by atomic mass is 79.9. The van der Waals surface area contributed by atoms with Gasteiger partial charge in [-0.1, -0.05) is 28.1 Å². The smallest absolute Gasteiger partial charge is 0.347 e. The summed E-state index contributed by atoms with van der Waals surface area (Å²) in [5, 5.41) is 10.7. The van der Waals surface area contributed by atoms with Gasteiger partial charge in [-0.05, 0) is 23.3 Å². The third-order valence-electron chi connectivity index (χ3n) is 10.1. The van der Waals surface area contributed by atoms with Crippen LogP contribution in [0.3, 0.4) is 0 Å². The number of likely N-dealkylation sites (tertiary alicyclic amines) is 1. The van der Waals surface area contributed by atoms with Crippen LogP contribution < -0.4 is 31.1 Å². The molecule has 0 radical (unpaired) electrons. The number of rotatable bonds is 8. The van der Waals surface area contributed by atoms with Gasteiger partial charge in [0.05, 0.1) is 50.4 Å². The summed E-state index contributed by atoms with van der Waals surface area (Å²) in [6.07, 6.45) is 1.34. The average molecular weight is 806 g/mol. The number of hydrogen-bond donors (Lipinski definition) is 1. The first-order valence-electron chi connectivity index (χ1n) is 15.7. The van der Waals surface area contributed by atoms with Crippen LogP contribution in [-0.4, -0.2) is 81.8 Å². The number of methoxy groups -OCH3 is 3. The fourth-order valence-corrected chi connectivity index (χ4v) is 9.01. The van der Waals surface area contributed by atoms with E-state index in [0.717, 1.165) is 9.47 Å². The standard InChI is InChI=1S/C33H31BrCl2N6O9/c1-38-20-13-25(51-4)24(50-3)12-19(20)37-18(27(38)44)8-9-39-30(47)41-10-7-17-21(42(41)31(39)48)14-32(35)28(45)40(15-34)29(46)33(32,36)26(17)16-5-6-23(49-2)22(43)11-16/h5-7,11-13,21,26,43H,8-10,14-15H2,1-4H3/t21-,26+,32-,33+/m1/s1. The van der Waals surface area contributed by atoms with E-state index in [-0.39, 0.29) is 48.6 Å². The van der Waals surface area contributed by atoms with Gasteiger partial charge in [0.25, 0.3) is 17.4 Å². The summed E-state index contributed by atoms with van der Waals surface area (Å²) in [4.78, 5) is 70.5. The second kappa shape index (κ2) is 12.3. The molecular formula is C33H31BrCl2N6O9. The van der Waals surface area contributed by atoms with Gasteiger partial charge in [-0.15, -0.1) is 23.2 Å². The SMILES string of the molecule is COc1ccc([C@H]2C3=CCn4c(=O)n(CCc5nc6cc(OC)c(OC)cc6n(C)c5=O)c(=O)n4[C@@H]3C[C@@]3(Cl)C(=O)N(CBr)C(=O)[C@@]23Cl)cc1O. The molecule has 2 amide bonds. The van der Waals surface area contributed by atoms with Gasteiger partial charge in [0.2, 0.25) is 0 Å². The van der Waals surface area contributed by atoms with Crippen LogP contribution in [0.5, 0.6) is 23.0 Å². The lowest BCUT2D eigenvalue weighted by Gasteiger charge is -2.49. The van der Waals surface area contributed by atoms with Crippen molar-refractivity contribution in [3.63, 3.8) is 0 Å². The number of allylic oxidation sites excluding steroid dienone is 2. The summed E-state index contributed by atoms with van der Waals surface area (Å²) in [6, 6.07) is 6.75. The van der Waals surface area contributed by atoms with Gasteiger partial charge in [0, 0.05) is 44.5 Å². The minimum Gasteiger partial charge on any atom is -0.504 e. The zero-order valence-electron chi connectivity index (χ0n) is 27.7. The number of benzene rings is 2. The lowest BCUT2D eigenvalue weighted by molar-refractivity contribution is -0.138. The molecule has 0 spiro atoms. The molecule has 3 aliphatic rings. The quantitative estimate of drug-likeness (QED) is 0.121. The molecule has 15 nitrogen and oxygen atoms in total. The van der Waals surface area contributed by atoms with Gasteiger partial charge in [-0.2, -0.15) is 0 Å². The molecule has 18 heteroatoms. The van der Waals surface area contributed by atoms with E-state index in [1.165, 1.54) is 47.4 Å². The summed E-state index contributed by atoms with van der Waals surface area (Å²) in [5.41, 5.74) is -0.0923. The summed E-state index contributed by atoms with van der Waals surface area (Å²) in [5.74, 6) is -1.85. The van der Waals surface area contributed by atoms with E-state index in [9.17, 15) is 29.1 Å². The van der Waals surface area contributed by atoms with Crippen molar-refractivity contribution in [2.75, 3.05) is 26.8 Å². The van der Waals surface area contributed by atoms with Crippen LogP contribution in [-0.2, 0) is 36.1 Å². The molecule has 1 saturated carbocycles. The number of imide groups is 1. The predicted molar refractivity (Wildman–Crippen MR) is 189 cm³/mol. The van der Waals surface area contributed by atoms with Crippen LogP contribution in [0.4, 0.5) is 0 Å². The molecule has 7 rings (SSSR count). The zero-order valence-corrected chi connectivity index (χ0v) is 30.8. The Morgan fingerprint density at radius 1 is 0.961 bits per heavy atom. The van der Waals surface area contributed by atoms with Crippen molar-refractivity contribution < 1.29 is 28.9 Å². The molecule has 2 aliphatic heterocycles. The van der Waals surface area contributed by atoms with Crippen molar-refractivity contribution in [3.8, 4) is 23.0 Å². The van der Waals surface area contributed by atoms with E-state index in [1.807, 2.05) is 0 Å². The molecule has 1 saturated heterocycles. The van der Waals surface area contributed by atoms with Gasteiger partial charge >= 0.3 is 11.4 Å². The third-order valence-corrected chi connectivity index (χ3v) is 12.0. The number of aromatic nitrogens is 5. The molecule has 4 atom stereocenters. The number of aromatic hydroxyl groups is 1. The maximum Gasteiger partial charge on any atom is 0.347 e. The number of phenols is 1. The van der Waals surface area contributed by atoms with Crippen molar-refractivity contribution in [3.05, 3.63) is 84.6 Å². The van der Waals surface area contributed by atoms with E-state index < -0.39 is 50.5 Å². The monoisotopic (exact) mass is 804 g/mol. The maximum absolute atomic E-state index is 14.2. The molecule has 2 aromatic heterocycles. The molecular weight excluding hydrogens is 775 g/mol. The number of hydrogen-bond acceptors (Lipinski definition) is 10. The maximum atomic E-state index is 14.2. The third kappa shape index (κ3) is 4.75. The molecule has 2 fully saturated rings. The highest BCUT2D eigenvalue weighted by molar-refractivity contribution is 9.09. The lowest BCUT2D eigenvalue weighted by atomic mass is 9.64. The van der Waals surface area contributed by atoms with Crippen LogP contribution >= 0.6 is 39.1 Å². The fraction of sp³-hybridized carbons (Fsp3) is 0.394. The Morgan fingerprint density at radius 2 is 1.65 bits per heavy atom. The van der Waals surface area contributed by atoms with Gasteiger partial charge in [0.1, 0.15) is 5.69 Å². The Balaban J connectivity index is 1.32. The van der Waals surface area contributed by atoms with E-state index >= 15 is 0 Å². The molecule has 2 aromatic carbocycles. The first-order valence-corrected chi connectivity index (χ1v) is 17.6. The Morgan fingerprint density at radius 3 is 2.29 bits per heavy atom. The van der Waals surface area contributed by atoms with E-state index in [4.69, 9.17) is 37.4 Å². The van der Waals surface area contributed by atoms with Crippen molar-refractivity contribution >= 4 is 62.0 Å². The Bertz CT molecular complexity index is 2380. The number of fused-ring (bicyclic) bond motifs is 5. The van der Waals surface area contributed by atoms with E-state index in [2.05, 4.69) is 20.9 Å². The van der Waals surface area contributed by atoms with Crippen LogP contribution in [0.1, 0.15) is 29.6 Å². The number of alkyl halides is 3. The highest BCUT2D eigenvalue weighted by Crippen LogP contribution is 2.63. The van der Waals surface area contributed by atoms with Gasteiger partial charge in [0.15, 0.2) is 32.7 Å². The molecule has 1 N–H and O–H groups in total. The first kappa shape index (κ1) is 34.9. The summed E-state index contributed by atoms with van der Waals surface area (Å²) >= 11 is 17.6. The summed E-state index contributed by atoms with van der Waals surface area (Å²) in [7, 11) is 5.93. The van der Waals surface area contributed by atoms with Gasteiger partial charge in [-0.25, -0.2) is 28.5 Å². The van der Waals surface area contributed by atoms with Crippen LogP contribution in [0.25, 0.3) is 11.0 Å². The number of phenolic OH excluding ortho intramolecular Hbond substituents is 1. The molecule has 51 heavy (non-hydrogen) atoms. The summed E-state index contributed by atoms with van der Waals surface area (Å²) in [6.45, 7) is -0.264. The number of carbonyl (C=O) groups excluding carboxylic acids is 2. The Labute approximate surface area is 307 Å². The molecule has 4 aromatic rings. The highest BCUT2D eigenvalue weighted by Gasteiger charge is 2.75. The van der Waals surface area contributed by atoms with Crippen molar-refractivity contribution in [1.82, 2.24) is 28.4 Å². The topological polar surface area (TPSA) is 169 Å². The molecule has 0 unspecified atom stereocenters. The minimum atomic E-state index is -2.05. The number of carbonyl (C=O) groups is 2. The molecule has 1 aliphatic carbocycles. The van der Waals surface area contributed by atoms with Crippen molar-refractivity contribution in [2.24, 2.45) is 7.05 Å². The number of halogens is 3. The average Bonchev–Trinajstić information content (AvgIpc) is 3.45. The fourth-order valence-electron chi connectivity index (χ4n) is 7.60. The zero-order chi connectivity index (χ0) is 36.7. The predicted octanol–water partition coefficient (Wildman–Crippen LogP) is 2.38. The van der Waals surface area contributed by atoms with Gasteiger partial charge in [-0.3, -0.25) is 19.3 Å². The molecule has 4 heterocycles. The Kier molecular flexibility index (Phi) is 8.42. The second-order valence-corrected chi connectivity index (χ2v) is 14.2. The first-order chi connectivity index (χ1) is 24.3. The number of amides is 2. The van der Waals surface area contributed by atoms with Gasteiger partial charge < -0.3 is 23.9 Å². The normalized spacial score (nSPS) is 23.9. The van der Waals surface area contributed by atoms with E-state index in [1.54, 1.807) is 31.3 Å². The number of aryl methyl sites for hydroxylation is 2. The number of ether oxygens (including phenoxy) is 3. The van der Waals surface area contributed by atoms with E-state index in [0.29, 0.717) is 33.7 Å². The number of nitrogens with zero attached hydrogens (tertiary/aromatic N) is 6. The van der Waals surface area contributed by atoms with Crippen LogP contribution in [0.15, 0.2) is 56.4 Å². The minimum absolute atomic E-state index is 0.0632. The van der Waals surface area contributed by atoms with Crippen molar-refractivity contribution in [2.45, 2.75) is 47.6 Å². The molecule has 268 valence electrons. The lowest BCUT2D eigenvalue weighted by Crippen LogP contribution is -2.59. The largest absolute Gasteiger partial charge is 0.504 e. The van der Waals surface area contributed by atoms with Crippen LogP contribution in [0.2, 0.25) is 0 Å². The molecule has 0 bridgehead atoms. The Hall–Kier alpha value is -4.54. The van der Waals surface area contributed by atoms with Crippen LogP contribution in [0, 0.1) is 0 Å². The van der Waals surface area contributed by atoms with Crippen molar-refractivity contribution in [1.29, 1.82) is 0 Å².